The molecule has 2 rings (SSSR count). The van der Waals surface area contributed by atoms with E-state index in [1.807, 2.05) is 7.05 Å². The van der Waals surface area contributed by atoms with Gasteiger partial charge in [0.25, 0.3) is 0 Å². The molecule has 0 saturated carbocycles. The molecule has 1 aromatic carbocycles. The Bertz CT molecular complexity index is 561. The van der Waals surface area contributed by atoms with Crippen molar-refractivity contribution in [3.8, 4) is 0 Å². The molecule has 1 aromatic heterocycles. The molecule has 2 atom stereocenters. The fourth-order valence-corrected chi connectivity index (χ4v) is 2.18. The second-order valence-electron chi connectivity index (χ2n) is 5.11. The standard InChI is InChI=1S/C14H21N5/c1-9-6-7-13(8-10(9)2)11(3)15-12(4)14-16-17-18-19(14)5/h6-8,11-12,15H,1-5H3/t11-,12-/m0/s1. The van der Waals surface area contributed by atoms with Gasteiger partial charge in [-0.15, -0.1) is 5.10 Å². The second-order valence-corrected chi connectivity index (χ2v) is 5.11. The van der Waals surface area contributed by atoms with Crippen LogP contribution in [0.4, 0.5) is 0 Å². The first-order valence-electron chi connectivity index (χ1n) is 6.54. The van der Waals surface area contributed by atoms with E-state index in [1.54, 1.807) is 4.68 Å². The summed E-state index contributed by atoms with van der Waals surface area (Å²) in [6.07, 6.45) is 0. The molecule has 0 amide bonds. The lowest BCUT2D eigenvalue weighted by atomic mass is 10.0. The monoisotopic (exact) mass is 259 g/mol. The molecule has 1 N–H and O–H groups in total. The lowest BCUT2D eigenvalue weighted by molar-refractivity contribution is 0.460. The predicted octanol–water partition coefficient (Wildman–Crippen LogP) is 2.24. The van der Waals surface area contributed by atoms with Crippen molar-refractivity contribution in [3.63, 3.8) is 0 Å². The van der Waals surface area contributed by atoms with Gasteiger partial charge in [0.1, 0.15) is 0 Å². The van der Waals surface area contributed by atoms with Gasteiger partial charge in [0, 0.05) is 13.1 Å². The summed E-state index contributed by atoms with van der Waals surface area (Å²) in [5.41, 5.74) is 3.92. The Morgan fingerprint density at radius 1 is 1.11 bits per heavy atom. The molecule has 0 bridgehead atoms. The average Bonchev–Trinajstić information content (AvgIpc) is 2.79. The van der Waals surface area contributed by atoms with Crippen LogP contribution in [0.5, 0.6) is 0 Å². The third-order valence-electron chi connectivity index (χ3n) is 3.57. The summed E-state index contributed by atoms with van der Waals surface area (Å²) < 4.78 is 1.70. The summed E-state index contributed by atoms with van der Waals surface area (Å²) in [4.78, 5) is 0. The molecule has 5 heteroatoms. The van der Waals surface area contributed by atoms with Crippen LogP contribution in [0.25, 0.3) is 0 Å². The van der Waals surface area contributed by atoms with E-state index in [9.17, 15) is 0 Å². The van der Waals surface area contributed by atoms with E-state index in [2.05, 4.69) is 66.7 Å². The quantitative estimate of drug-likeness (QED) is 0.915. The SMILES string of the molecule is Cc1ccc([C@H](C)N[C@@H](C)c2nnnn2C)cc1C. The number of benzene rings is 1. The predicted molar refractivity (Wildman–Crippen MR) is 74.7 cm³/mol. The first-order valence-corrected chi connectivity index (χ1v) is 6.54. The van der Waals surface area contributed by atoms with Crippen molar-refractivity contribution in [3.05, 3.63) is 40.7 Å². The molecular formula is C14H21N5. The van der Waals surface area contributed by atoms with Crippen LogP contribution in [-0.4, -0.2) is 20.2 Å². The molecule has 0 aliphatic heterocycles. The number of tetrazole rings is 1. The number of aromatic nitrogens is 4. The third-order valence-corrected chi connectivity index (χ3v) is 3.57. The average molecular weight is 259 g/mol. The highest BCUT2D eigenvalue weighted by atomic mass is 15.5. The number of nitrogens with one attached hydrogen (secondary N) is 1. The zero-order valence-electron chi connectivity index (χ0n) is 12.2. The van der Waals surface area contributed by atoms with E-state index < -0.39 is 0 Å². The fraction of sp³-hybridized carbons (Fsp3) is 0.500. The van der Waals surface area contributed by atoms with Crippen LogP contribution in [0, 0.1) is 13.8 Å². The Balaban J connectivity index is 2.10. The topological polar surface area (TPSA) is 55.6 Å². The normalized spacial score (nSPS) is 14.4. The van der Waals surface area contributed by atoms with Gasteiger partial charge in [0.2, 0.25) is 0 Å². The number of rotatable bonds is 4. The highest BCUT2D eigenvalue weighted by molar-refractivity contribution is 5.31. The molecule has 0 spiro atoms. The van der Waals surface area contributed by atoms with Crippen LogP contribution < -0.4 is 5.32 Å². The number of hydrogen-bond acceptors (Lipinski definition) is 4. The van der Waals surface area contributed by atoms with Crippen LogP contribution in [-0.2, 0) is 7.05 Å². The Hall–Kier alpha value is -1.75. The van der Waals surface area contributed by atoms with Crippen LogP contribution >= 0.6 is 0 Å². The maximum Gasteiger partial charge on any atom is 0.167 e. The Labute approximate surface area is 114 Å². The largest absolute Gasteiger partial charge is 0.301 e. The van der Waals surface area contributed by atoms with Gasteiger partial charge >= 0.3 is 0 Å². The molecule has 5 nitrogen and oxygen atoms in total. The zero-order chi connectivity index (χ0) is 14.0. The van der Waals surface area contributed by atoms with Gasteiger partial charge in [0.05, 0.1) is 6.04 Å². The Morgan fingerprint density at radius 3 is 2.42 bits per heavy atom. The van der Waals surface area contributed by atoms with Crippen LogP contribution in [0.15, 0.2) is 18.2 Å². The molecule has 2 aromatic rings. The van der Waals surface area contributed by atoms with Crippen LogP contribution in [0.3, 0.4) is 0 Å². The molecule has 0 radical (unpaired) electrons. The van der Waals surface area contributed by atoms with Crippen molar-refractivity contribution in [2.75, 3.05) is 0 Å². The maximum absolute atomic E-state index is 4.03. The van der Waals surface area contributed by atoms with E-state index in [0.29, 0.717) is 0 Å². The zero-order valence-corrected chi connectivity index (χ0v) is 12.2. The molecule has 102 valence electrons. The van der Waals surface area contributed by atoms with E-state index in [-0.39, 0.29) is 12.1 Å². The van der Waals surface area contributed by atoms with Crippen molar-refractivity contribution in [2.45, 2.75) is 39.8 Å². The molecule has 0 aliphatic carbocycles. The Morgan fingerprint density at radius 2 is 1.84 bits per heavy atom. The highest BCUT2D eigenvalue weighted by Gasteiger charge is 2.16. The molecular weight excluding hydrogens is 238 g/mol. The van der Waals surface area contributed by atoms with E-state index in [1.165, 1.54) is 16.7 Å². The minimum atomic E-state index is 0.108. The lowest BCUT2D eigenvalue weighted by Gasteiger charge is -2.20. The second kappa shape index (κ2) is 5.48. The number of nitrogens with zero attached hydrogens (tertiary/aromatic N) is 4. The van der Waals surface area contributed by atoms with Crippen molar-refractivity contribution < 1.29 is 0 Å². The molecule has 19 heavy (non-hydrogen) atoms. The van der Waals surface area contributed by atoms with E-state index in [4.69, 9.17) is 0 Å². The van der Waals surface area contributed by atoms with Gasteiger partial charge < -0.3 is 5.32 Å². The number of hydrogen-bond donors (Lipinski definition) is 1. The van der Waals surface area contributed by atoms with Crippen molar-refractivity contribution in [1.82, 2.24) is 25.5 Å². The van der Waals surface area contributed by atoms with Gasteiger partial charge in [-0.1, -0.05) is 18.2 Å². The summed E-state index contributed by atoms with van der Waals surface area (Å²) in [7, 11) is 1.86. The number of aryl methyl sites for hydroxylation is 3. The van der Waals surface area contributed by atoms with Crippen LogP contribution in [0.1, 0.15) is 48.4 Å². The molecule has 0 aliphatic rings. The van der Waals surface area contributed by atoms with E-state index >= 15 is 0 Å². The van der Waals surface area contributed by atoms with Crippen LogP contribution in [0.2, 0.25) is 0 Å². The Kier molecular flexibility index (Phi) is 3.95. The van der Waals surface area contributed by atoms with Gasteiger partial charge in [0.15, 0.2) is 5.82 Å². The smallest absolute Gasteiger partial charge is 0.167 e. The van der Waals surface area contributed by atoms with Gasteiger partial charge in [-0.25, -0.2) is 4.68 Å². The summed E-state index contributed by atoms with van der Waals surface area (Å²) in [5, 5.41) is 15.1. The molecule has 1 heterocycles. The highest BCUT2D eigenvalue weighted by Crippen LogP contribution is 2.20. The maximum atomic E-state index is 4.03. The van der Waals surface area contributed by atoms with E-state index in [0.717, 1.165) is 5.82 Å². The first-order chi connectivity index (χ1) is 8.99. The molecule has 0 saturated heterocycles. The van der Waals surface area contributed by atoms with Gasteiger partial charge in [-0.2, -0.15) is 0 Å². The minimum absolute atomic E-state index is 0.108. The fourth-order valence-electron chi connectivity index (χ4n) is 2.18. The van der Waals surface area contributed by atoms with Crippen molar-refractivity contribution >= 4 is 0 Å². The van der Waals surface area contributed by atoms with Gasteiger partial charge in [-0.05, 0) is 54.8 Å². The summed E-state index contributed by atoms with van der Waals surface area (Å²) in [6, 6.07) is 6.93. The minimum Gasteiger partial charge on any atom is -0.301 e. The first kappa shape index (κ1) is 13.7. The summed E-state index contributed by atoms with van der Waals surface area (Å²) >= 11 is 0. The third kappa shape index (κ3) is 2.98. The van der Waals surface area contributed by atoms with Gasteiger partial charge in [-0.3, -0.25) is 0 Å². The van der Waals surface area contributed by atoms with Crippen molar-refractivity contribution in [1.29, 1.82) is 0 Å². The molecule has 0 fully saturated rings. The summed E-state index contributed by atoms with van der Waals surface area (Å²) in [6.45, 7) is 8.50. The lowest BCUT2D eigenvalue weighted by Crippen LogP contribution is -2.25. The van der Waals surface area contributed by atoms with Crippen molar-refractivity contribution in [2.24, 2.45) is 7.05 Å². The molecule has 0 unspecified atom stereocenters. The summed E-state index contributed by atoms with van der Waals surface area (Å²) in [5.74, 6) is 0.843.